The molecule has 0 spiro atoms. The Labute approximate surface area is 89.4 Å². The van der Waals surface area contributed by atoms with E-state index in [4.69, 9.17) is 0 Å². The lowest BCUT2D eigenvalue weighted by atomic mass is 10.2. The Kier molecular flexibility index (Phi) is 3.82. The van der Waals surface area contributed by atoms with Crippen LogP contribution in [0.4, 0.5) is 4.39 Å². The predicted molar refractivity (Wildman–Crippen MR) is 57.4 cm³/mol. The third kappa shape index (κ3) is 3.60. The summed E-state index contributed by atoms with van der Waals surface area (Å²) < 4.78 is 38.2. The van der Waals surface area contributed by atoms with Crippen LogP contribution in [0, 0.1) is 12.7 Å². The van der Waals surface area contributed by atoms with Crippen molar-refractivity contribution >= 4 is 10.0 Å². The molecule has 0 aromatic heterocycles. The maximum absolute atomic E-state index is 13.1. The van der Waals surface area contributed by atoms with Crippen molar-refractivity contribution in [2.24, 2.45) is 0 Å². The Hall–Kier alpha value is -0.940. The number of rotatable bonds is 4. The number of halogens is 1. The van der Waals surface area contributed by atoms with Gasteiger partial charge in [0.15, 0.2) is 0 Å². The third-order valence-electron chi connectivity index (χ3n) is 1.96. The first-order valence-corrected chi connectivity index (χ1v) is 6.32. The van der Waals surface area contributed by atoms with E-state index in [0.717, 1.165) is 0 Å². The van der Waals surface area contributed by atoms with Gasteiger partial charge in [-0.1, -0.05) is 19.1 Å². The molecule has 84 valence electrons. The number of nitrogens with one attached hydrogen (secondary N) is 1. The highest BCUT2D eigenvalue weighted by Crippen LogP contribution is 2.11. The van der Waals surface area contributed by atoms with Crippen LogP contribution in [0.5, 0.6) is 0 Å². The highest BCUT2D eigenvalue weighted by Gasteiger charge is 2.10. The molecule has 0 saturated heterocycles. The van der Waals surface area contributed by atoms with E-state index in [2.05, 4.69) is 4.72 Å². The van der Waals surface area contributed by atoms with Gasteiger partial charge in [-0.2, -0.15) is 0 Å². The number of hydrogen-bond acceptors (Lipinski definition) is 2. The highest BCUT2D eigenvalue weighted by atomic mass is 32.2. The molecular weight excluding hydrogens is 217 g/mol. The van der Waals surface area contributed by atoms with Crippen LogP contribution in [0.2, 0.25) is 0 Å². The van der Waals surface area contributed by atoms with Gasteiger partial charge in [-0.15, -0.1) is 0 Å². The van der Waals surface area contributed by atoms with Crippen LogP contribution in [-0.4, -0.2) is 15.0 Å². The zero-order valence-electron chi connectivity index (χ0n) is 8.75. The predicted octanol–water partition coefficient (Wildman–Crippen LogP) is 1.57. The standard InChI is InChI=1S/C10H14FNO2S/c1-3-12-15(13,14)7-9-5-4-8(2)10(11)6-9/h4-6,12H,3,7H2,1-2H3. The molecule has 0 radical (unpaired) electrons. The van der Waals surface area contributed by atoms with Gasteiger partial charge in [-0.05, 0) is 24.1 Å². The van der Waals surface area contributed by atoms with E-state index in [9.17, 15) is 12.8 Å². The van der Waals surface area contributed by atoms with Crippen LogP contribution in [0.3, 0.4) is 0 Å². The number of benzene rings is 1. The number of hydrogen-bond donors (Lipinski definition) is 1. The van der Waals surface area contributed by atoms with Gasteiger partial charge in [0.25, 0.3) is 0 Å². The third-order valence-corrected chi connectivity index (χ3v) is 3.40. The minimum Gasteiger partial charge on any atom is -0.215 e. The molecule has 1 aromatic carbocycles. The first-order chi connectivity index (χ1) is 6.94. The van der Waals surface area contributed by atoms with E-state index in [1.165, 1.54) is 6.07 Å². The quantitative estimate of drug-likeness (QED) is 0.855. The summed E-state index contributed by atoms with van der Waals surface area (Å²) in [5, 5.41) is 0. The molecule has 0 bridgehead atoms. The van der Waals surface area contributed by atoms with Gasteiger partial charge in [-0.25, -0.2) is 17.5 Å². The van der Waals surface area contributed by atoms with Gasteiger partial charge in [0.05, 0.1) is 5.75 Å². The van der Waals surface area contributed by atoms with E-state index < -0.39 is 10.0 Å². The average Bonchev–Trinajstić information content (AvgIpc) is 2.10. The molecule has 3 nitrogen and oxygen atoms in total. The van der Waals surface area contributed by atoms with Crippen molar-refractivity contribution in [3.05, 3.63) is 35.1 Å². The van der Waals surface area contributed by atoms with Gasteiger partial charge < -0.3 is 0 Å². The molecule has 1 rings (SSSR count). The highest BCUT2D eigenvalue weighted by molar-refractivity contribution is 7.88. The molecule has 0 amide bonds. The second-order valence-corrected chi connectivity index (χ2v) is 5.15. The second kappa shape index (κ2) is 4.72. The lowest BCUT2D eigenvalue weighted by molar-refractivity contribution is 0.582. The first kappa shape index (κ1) is 12.1. The van der Waals surface area contributed by atoms with Crippen molar-refractivity contribution in [3.63, 3.8) is 0 Å². The first-order valence-electron chi connectivity index (χ1n) is 4.67. The Morgan fingerprint density at radius 3 is 2.60 bits per heavy atom. The fourth-order valence-electron chi connectivity index (χ4n) is 1.22. The molecule has 5 heteroatoms. The van der Waals surface area contributed by atoms with Gasteiger partial charge in [-0.3, -0.25) is 0 Å². The fraction of sp³-hybridized carbons (Fsp3) is 0.400. The van der Waals surface area contributed by atoms with Crippen LogP contribution in [0.25, 0.3) is 0 Å². The van der Waals surface area contributed by atoms with Gasteiger partial charge in [0, 0.05) is 6.54 Å². The number of aryl methyl sites for hydroxylation is 1. The summed E-state index contributed by atoms with van der Waals surface area (Å²) in [4.78, 5) is 0. The minimum absolute atomic E-state index is 0.183. The van der Waals surface area contributed by atoms with Crippen molar-refractivity contribution in [1.29, 1.82) is 0 Å². The second-order valence-electron chi connectivity index (χ2n) is 3.34. The van der Waals surface area contributed by atoms with Crippen LogP contribution in [0.1, 0.15) is 18.1 Å². The summed E-state index contributed by atoms with van der Waals surface area (Å²) in [6, 6.07) is 4.45. The summed E-state index contributed by atoms with van der Waals surface area (Å²) in [7, 11) is -3.33. The summed E-state index contributed by atoms with van der Waals surface area (Å²) in [5.41, 5.74) is 0.971. The van der Waals surface area contributed by atoms with Crippen molar-refractivity contribution in [1.82, 2.24) is 4.72 Å². The van der Waals surface area contributed by atoms with Crippen LogP contribution in [-0.2, 0) is 15.8 Å². The molecule has 0 unspecified atom stereocenters. The van der Waals surface area contributed by atoms with Crippen LogP contribution < -0.4 is 4.72 Å². The largest absolute Gasteiger partial charge is 0.215 e. The molecule has 0 heterocycles. The SMILES string of the molecule is CCNS(=O)(=O)Cc1ccc(C)c(F)c1. The van der Waals surface area contributed by atoms with Crippen molar-refractivity contribution < 1.29 is 12.8 Å². The van der Waals surface area contributed by atoms with E-state index in [-0.39, 0.29) is 11.6 Å². The van der Waals surface area contributed by atoms with E-state index in [1.54, 1.807) is 26.0 Å². The van der Waals surface area contributed by atoms with Gasteiger partial charge >= 0.3 is 0 Å². The topological polar surface area (TPSA) is 46.2 Å². The Morgan fingerprint density at radius 1 is 1.40 bits per heavy atom. The summed E-state index contributed by atoms with van der Waals surface area (Å²) in [6.45, 7) is 3.68. The van der Waals surface area contributed by atoms with Crippen molar-refractivity contribution in [3.8, 4) is 0 Å². The average molecular weight is 231 g/mol. The summed E-state index contributed by atoms with van der Waals surface area (Å²) in [5.74, 6) is -0.558. The van der Waals surface area contributed by atoms with E-state index in [1.807, 2.05) is 0 Å². The molecule has 0 fully saturated rings. The monoisotopic (exact) mass is 231 g/mol. The Morgan fingerprint density at radius 2 is 2.07 bits per heavy atom. The lowest BCUT2D eigenvalue weighted by Gasteiger charge is -2.05. The zero-order chi connectivity index (χ0) is 11.5. The Balaban J connectivity index is 2.86. The summed E-state index contributed by atoms with van der Waals surface area (Å²) >= 11 is 0. The minimum atomic E-state index is -3.33. The molecular formula is C10H14FNO2S. The number of sulfonamides is 1. The molecule has 0 aliphatic carbocycles. The molecule has 1 N–H and O–H groups in total. The van der Waals surface area contributed by atoms with Gasteiger partial charge in [0.1, 0.15) is 5.82 Å². The van der Waals surface area contributed by atoms with Crippen molar-refractivity contribution in [2.75, 3.05) is 6.54 Å². The summed E-state index contributed by atoms with van der Waals surface area (Å²) in [6.07, 6.45) is 0. The van der Waals surface area contributed by atoms with E-state index >= 15 is 0 Å². The van der Waals surface area contributed by atoms with Gasteiger partial charge in [0.2, 0.25) is 10.0 Å². The molecule has 0 aliphatic heterocycles. The molecule has 0 saturated carbocycles. The fourth-order valence-corrected chi connectivity index (χ4v) is 2.38. The zero-order valence-corrected chi connectivity index (χ0v) is 9.57. The van der Waals surface area contributed by atoms with Crippen LogP contribution >= 0.6 is 0 Å². The normalized spacial score (nSPS) is 11.7. The van der Waals surface area contributed by atoms with Crippen molar-refractivity contribution in [2.45, 2.75) is 19.6 Å². The molecule has 0 aliphatic rings. The van der Waals surface area contributed by atoms with Crippen LogP contribution in [0.15, 0.2) is 18.2 Å². The maximum Gasteiger partial charge on any atom is 0.215 e. The molecule has 15 heavy (non-hydrogen) atoms. The Bertz CT molecular complexity index is 443. The molecule has 1 aromatic rings. The van der Waals surface area contributed by atoms with E-state index in [0.29, 0.717) is 17.7 Å². The maximum atomic E-state index is 13.1. The molecule has 0 atom stereocenters. The smallest absolute Gasteiger partial charge is 0.215 e. The lowest BCUT2D eigenvalue weighted by Crippen LogP contribution is -2.24.